The summed E-state index contributed by atoms with van der Waals surface area (Å²) in [5.41, 5.74) is 0.902. The molecule has 0 spiro atoms. The van der Waals surface area contributed by atoms with Gasteiger partial charge in [0.25, 0.3) is 0 Å². The highest BCUT2D eigenvalue weighted by atomic mass is 16.2. The number of hydrogen-bond acceptors (Lipinski definition) is 3. The molecule has 84 valence electrons. The van der Waals surface area contributed by atoms with E-state index in [1.807, 2.05) is 12.1 Å². The maximum atomic E-state index is 11.7. The molecule has 1 fully saturated rings. The van der Waals surface area contributed by atoms with Crippen LogP contribution in [0, 0.1) is 0 Å². The second kappa shape index (κ2) is 4.88. The van der Waals surface area contributed by atoms with Gasteiger partial charge >= 0.3 is 0 Å². The first-order valence-electron chi connectivity index (χ1n) is 5.44. The van der Waals surface area contributed by atoms with Crippen molar-refractivity contribution >= 4 is 11.7 Å². The van der Waals surface area contributed by atoms with Crippen LogP contribution in [-0.2, 0) is 16.0 Å². The van der Waals surface area contributed by atoms with Gasteiger partial charge in [0.1, 0.15) is 0 Å². The highest BCUT2D eigenvalue weighted by molar-refractivity contribution is 5.88. The number of hydrogen-bond donors (Lipinski definition) is 0. The van der Waals surface area contributed by atoms with Crippen LogP contribution in [0.5, 0.6) is 0 Å². The molecule has 0 atom stereocenters. The van der Waals surface area contributed by atoms with Crippen molar-refractivity contribution < 1.29 is 9.59 Å². The van der Waals surface area contributed by atoms with Crippen LogP contribution in [-0.4, -0.2) is 34.7 Å². The van der Waals surface area contributed by atoms with Gasteiger partial charge in [-0.2, -0.15) is 0 Å². The Morgan fingerprint density at radius 2 is 2.38 bits per heavy atom. The summed E-state index contributed by atoms with van der Waals surface area (Å²) in [6, 6.07) is 3.68. The highest BCUT2D eigenvalue weighted by Crippen LogP contribution is 2.09. The van der Waals surface area contributed by atoms with Gasteiger partial charge in [0.15, 0.2) is 5.78 Å². The van der Waals surface area contributed by atoms with Gasteiger partial charge in [0, 0.05) is 31.8 Å². The van der Waals surface area contributed by atoms with E-state index in [1.165, 1.54) is 0 Å². The van der Waals surface area contributed by atoms with Crippen molar-refractivity contribution in [1.82, 2.24) is 9.88 Å². The van der Waals surface area contributed by atoms with Gasteiger partial charge < -0.3 is 4.90 Å². The van der Waals surface area contributed by atoms with E-state index in [0.29, 0.717) is 12.8 Å². The fourth-order valence-electron chi connectivity index (χ4n) is 1.87. The zero-order valence-corrected chi connectivity index (χ0v) is 9.06. The molecule has 0 radical (unpaired) electrons. The molecule has 1 saturated heterocycles. The van der Waals surface area contributed by atoms with E-state index >= 15 is 0 Å². The molecular weight excluding hydrogens is 204 g/mol. The Hall–Kier alpha value is -1.71. The lowest BCUT2D eigenvalue weighted by Crippen LogP contribution is -2.31. The van der Waals surface area contributed by atoms with Crippen LogP contribution in [0.25, 0.3) is 0 Å². The minimum atomic E-state index is 0.0725. The van der Waals surface area contributed by atoms with Crippen LogP contribution < -0.4 is 0 Å². The highest BCUT2D eigenvalue weighted by Gasteiger charge is 2.22. The van der Waals surface area contributed by atoms with Crippen LogP contribution >= 0.6 is 0 Å². The van der Waals surface area contributed by atoms with Crippen molar-refractivity contribution in [2.45, 2.75) is 19.3 Å². The minimum absolute atomic E-state index is 0.0725. The number of likely N-dealkylation sites (tertiary alicyclic amines) is 1. The zero-order valence-electron chi connectivity index (χ0n) is 9.06. The Balaban J connectivity index is 1.87. The van der Waals surface area contributed by atoms with E-state index in [-0.39, 0.29) is 18.2 Å². The van der Waals surface area contributed by atoms with E-state index in [1.54, 1.807) is 17.3 Å². The van der Waals surface area contributed by atoms with Crippen LogP contribution in [0.1, 0.15) is 18.4 Å². The second-order valence-corrected chi connectivity index (χ2v) is 4.00. The number of ketones is 1. The zero-order chi connectivity index (χ0) is 11.4. The lowest BCUT2D eigenvalue weighted by molar-refractivity contribution is -0.132. The predicted octanol–water partition coefficient (Wildman–Crippen LogP) is 0.816. The Labute approximate surface area is 94.3 Å². The van der Waals surface area contributed by atoms with Crippen molar-refractivity contribution in [3.8, 4) is 0 Å². The third-order valence-electron chi connectivity index (χ3n) is 2.66. The number of nitrogens with zero attached hydrogens (tertiary/aromatic N) is 2. The van der Waals surface area contributed by atoms with Crippen molar-refractivity contribution in [3.05, 3.63) is 30.1 Å². The molecule has 0 aliphatic carbocycles. The average Bonchev–Trinajstić information content (AvgIpc) is 2.66. The smallest absolute Gasteiger partial charge is 0.223 e. The molecule has 0 N–H and O–H groups in total. The van der Waals surface area contributed by atoms with Gasteiger partial charge in [0.2, 0.25) is 5.91 Å². The minimum Gasteiger partial charge on any atom is -0.335 e. The molecule has 1 aromatic heterocycles. The van der Waals surface area contributed by atoms with Gasteiger partial charge in [-0.1, -0.05) is 6.07 Å². The lowest BCUT2D eigenvalue weighted by atomic mass is 10.1. The van der Waals surface area contributed by atoms with Crippen molar-refractivity contribution in [2.75, 3.05) is 13.1 Å². The normalized spacial score (nSPS) is 15.5. The molecule has 0 saturated carbocycles. The maximum Gasteiger partial charge on any atom is 0.223 e. The number of aromatic nitrogens is 1. The molecule has 16 heavy (non-hydrogen) atoms. The fraction of sp³-hybridized carbons (Fsp3) is 0.417. The molecule has 0 bridgehead atoms. The first-order valence-corrected chi connectivity index (χ1v) is 5.44. The summed E-state index contributed by atoms with van der Waals surface area (Å²) in [6.07, 6.45) is 5.18. The summed E-state index contributed by atoms with van der Waals surface area (Å²) in [5, 5.41) is 0. The van der Waals surface area contributed by atoms with Crippen LogP contribution in [0.15, 0.2) is 24.5 Å². The Kier molecular flexibility index (Phi) is 3.29. The Bertz CT molecular complexity index is 389. The quantitative estimate of drug-likeness (QED) is 0.751. The fourth-order valence-corrected chi connectivity index (χ4v) is 1.87. The standard InChI is InChI=1S/C12H14N2O2/c15-11(7-10-3-1-5-13-8-10)9-14-6-2-4-12(14)16/h1,3,5,8H,2,4,6-7,9H2. The van der Waals surface area contributed by atoms with E-state index in [9.17, 15) is 9.59 Å². The summed E-state index contributed by atoms with van der Waals surface area (Å²) >= 11 is 0. The lowest BCUT2D eigenvalue weighted by Gasteiger charge is -2.13. The number of rotatable bonds is 4. The Morgan fingerprint density at radius 1 is 1.50 bits per heavy atom. The largest absolute Gasteiger partial charge is 0.335 e. The first-order chi connectivity index (χ1) is 7.75. The predicted molar refractivity (Wildman–Crippen MR) is 58.8 cm³/mol. The third kappa shape index (κ3) is 2.66. The van der Waals surface area contributed by atoms with Crippen LogP contribution in [0.3, 0.4) is 0 Å². The summed E-state index contributed by atoms with van der Waals surface area (Å²) in [6.45, 7) is 0.964. The Morgan fingerprint density at radius 3 is 3.00 bits per heavy atom. The average molecular weight is 218 g/mol. The van der Waals surface area contributed by atoms with Crippen LogP contribution in [0.2, 0.25) is 0 Å². The molecule has 1 aliphatic heterocycles. The summed E-state index contributed by atoms with van der Waals surface area (Å²) in [7, 11) is 0. The molecular formula is C12H14N2O2. The molecule has 2 heterocycles. The van der Waals surface area contributed by atoms with Crippen LogP contribution in [0.4, 0.5) is 0 Å². The van der Waals surface area contributed by atoms with Crippen molar-refractivity contribution in [1.29, 1.82) is 0 Å². The molecule has 4 heteroatoms. The van der Waals surface area contributed by atoms with Gasteiger partial charge in [0.05, 0.1) is 6.54 Å². The van der Waals surface area contributed by atoms with Gasteiger partial charge in [-0.15, -0.1) is 0 Å². The van der Waals surface area contributed by atoms with Crippen molar-refractivity contribution in [3.63, 3.8) is 0 Å². The van der Waals surface area contributed by atoms with E-state index in [2.05, 4.69) is 4.98 Å². The number of carbonyl (C=O) groups excluding carboxylic acids is 2. The van der Waals surface area contributed by atoms with Gasteiger partial charge in [-0.3, -0.25) is 14.6 Å². The number of Topliss-reactive ketones (excluding diaryl/α,β-unsaturated/α-hetero) is 1. The summed E-state index contributed by atoms with van der Waals surface area (Å²) < 4.78 is 0. The van der Waals surface area contributed by atoms with Crippen molar-refractivity contribution in [2.24, 2.45) is 0 Å². The third-order valence-corrected chi connectivity index (χ3v) is 2.66. The van der Waals surface area contributed by atoms with E-state index in [0.717, 1.165) is 18.5 Å². The molecule has 1 amide bonds. The molecule has 2 rings (SSSR count). The molecule has 1 aliphatic rings. The summed E-state index contributed by atoms with van der Waals surface area (Å²) in [5.74, 6) is 0.169. The number of amides is 1. The molecule has 0 aromatic carbocycles. The topological polar surface area (TPSA) is 50.3 Å². The summed E-state index contributed by atoms with van der Waals surface area (Å²) in [4.78, 5) is 28.6. The SMILES string of the molecule is O=C(Cc1cccnc1)CN1CCCC1=O. The molecule has 4 nitrogen and oxygen atoms in total. The van der Waals surface area contributed by atoms with E-state index < -0.39 is 0 Å². The first kappa shape index (κ1) is 10.8. The maximum absolute atomic E-state index is 11.7. The number of pyridine rings is 1. The van der Waals surface area contributed by atoms with Gasteiger partial charge in [-0.25, -0.2) is 0 Å². The second-order valence-electron chi connectivity index (χ2n) is 4.00. The molecule has 0 unspecified atom stereocenters. The molecule has 1 aromatic rings. The van der Waals surface area contributed by atoms with E-state index in [4.69, 9.17) is 0 Å². The number of carbonyl (C=O) groups is 2. The monoisotopic (exact) mass is 218 g/mol. The van der Waals surface area contributed by atoms with Gasteiger partial charge in [-0.05, 0) is 18.1 Å².